The van der Waals surface area contributed by atoms with Crippen LogP contribution in [0.5, 0.6) is 0 Å². The number of hydrogen-bond acceptors (Lipinski definition) is 7. The van der Waals surface area contributed by atoms with E-state index in [1.807, 2.05) is 0 Å². The van der Waals surface area contributed by atoms with E-state index in [9.17, 15) is 24.9 Å². The van der Waals surface area contributed by atoms with Crippen molar-refractivity contribution in [1.82, 2.24) is 0 Å². The topological polar surface area (TPSA) is 113 Å². The zero-order valence-electron chi connectivity index (χ0n) is 14.2. The van der Waals surface area contributed by atoms with Crippen molar-refractivity contribution >= 4 is 11.9 Å². The van der Waals surface area contributed by atoms with E-state index >= 15 is 0 Å². The van der Waals surface area contributed by atoms with Crippen molar-refractivity contribution in [2.24, 2.45) is 17.8 Å². The third-order valence-electron chi connectivity index (χ3n) is 5.80. The number of carbonyl (C=O) groups is 2. The van der Waals surface area contributed by atoms with Gasteiger partial charge in [0.15, 0.2) is 6.10 Å². The Morgan fingerprint density at radius 1 is 1.38 bits per heavy atom. The van der Waals surface area contributed by atoms with Crippen LogP contribution in [0.25, 0.3) is 0 Å². The molecule has 3 N–H and O–H groups in total. The lowest BCUT2D eigenvalue weighted by molar-refractivity contribution is -0.174. The number of aliphatic hydroxyl groups excluding tert-OH is 2. The van der Waals surface area contributed by atoms with Gasteiger partial charge in [-0.15, -0.1) is 0 Å². The highest BCUT2D eigenvalue weighted by atomic mass is 16.6. The van der Waals surface area contributed by atoms with Gasteiger partial charge in [-0.25, -0.2) is 0 Å². The lowest BCUT2D eigenvalue weighted by Crippen LogP contribution is -2.50. The van der Waals surface area contributed by atoms with Gasteiger partial charge in [0.05, 0.1) is 17.9 Å². The maximum absolute atomic E-state index is 12.0. The molecule has 7 nitrogen and oxygen atoms in total. The summed E-state index contributed by atoms with van der Waals surface area (Å²) in [5.74, 6) is -2.75. The number of carbonyl (C=O) groups excluding carboxylic acids is 2. The second-order valence-corrected chi connectivity index (χ2v) is 7.45. The van der Waals surface area contributed by atoms with Gasteiger partial charge in [-0.3, -0.25) is 9.59 Å². The second-order valence-electron chi connectivity index (χ2n) is 7.45. The van der Waals surface area contributed by atoms with E-state index in [4.69, 9.17) is 9.47 Å². The molecule has 134 valence electrons. The van der Waals surface area contributed by atoms with Gasteiger partial charge in [0.2, 0.25) is 0 Å². The molecule has 3 rings (SSSR count). The summed E-state index contributed by atoms with van der Waals surface area (Å²) in [6.07, 6.45) is -3.64. The summed E-state index contributed by atoms with van der Waals surface area (Å²) in [7, 11) is 0. The Labute approximate surface area is 140 Å². The molecular formula is C17H24O7. The molecule has 0 aromatic heterocycles. The molecule has 0 unspecified atom stereocenters. The van der Waals surface area contributed by atoms with Gasteiger partial charge < -0.3 is 24.8 Å². The van der Waals surface area contributed by atoms with E-state index in [1.54, 1.807) is 13.8 Å². The van der Waals surface area contributed by atoms with Crippen LogP contribution in [-0.2, 0) is 19.1 Å². The van der Waals surface area contributed by atoms with Crippen LogP contribution in [-0.4, -0.2) is 57.3 Å². The number of hydrogen-bond donors (Lipinski definition) is 3. The summed E-state index contributed by atoms with van der Waals surface area (Å²) < 4.78 is 10.7. The van der Waals surface area contributed by atoms with Crippen LogP contribution in [0, 0.1) is 17.8 Å². The standard InChI is InChI=1S/C17H24O7/c1-6-5-9(19)11-7(2)16(21)24-14(11)12-10(6)13(20)15(17(12,4)22)23-8(3)18/h7,9,11-15,19-20,22H,5H2,1-4H3/t7-,9-,11+,12-,13+,14-,15+,17-/m0/s1. The predicted octanol–water partition coefficient (Wildman–Crippen LogP) is -0.0814. The van der Waals surface area contributed by atoms with Gasteiger partial charge in [-0.1, -0.05) is 12.5 Å². The fourth-order valence-corrected chi connectivity index (χ4v) is 4.72. The van der Waals surface area contributed by atoms with E-state index < -0.39 is 59.7 Å². The summed E-state index contributed by atoms with van der Waals surface area (Å²) in [4.78, 5) is 23.4. The fraction of sp³-hybridized carbons (Fsp3) is 0.765. The van der Waals surface area contributed by atoms with Crippen LogP contribution in [0.2, 0.25) is 0 Å². The molecule has 7 heteroatoms. The van der Waals surface area contributed by atoms with Crippen LogP contribution in [0.15, 0.2) is 11.1 Å². The summed E-state index contributed by atoms with van der Waals surface area (Å²) in [6.45, 7) is 6.15. The van der Waals surface area contributed by atoms with Crippen molar-refractivity contribution in [3.05, 3.63) is 11.1 Å². The van der Waals surface area contributed by atoms with E-state index in [2.05, 4.69) is 0 Å². The average molecular weight is 340 g/mol. The first-order chi connectivity index (χ1) is 11.1. The monoisotopic (exact) mass is 340 g/mol. The lowest BCUT2D eigenvalue weighted by Gasteiger charge is -2.35. The Balaban J connectivity index is 2.11. The van der Waals surface area contributed by atoms with Crippen molar-refractivity contribution in [3.8, 4) is 0 Å². The second kappa shape index (κ2) is 5.54. The molecule has 0 amide bonds. The molecule has 0 aromatic rings. The molecule has 1 heterocycles. The molecule has 0 radical (unpaired) electrons. The van der Waals surface area contributed by atoms with Crippen LogP contribution < -0.4 is 0 Å². The average Bonchev–Trinajstić information content (AvgIpc) is 2.79. The zero-order chi connectivity index (χ0) is 18.0. The van der Waals surface area contributed by atoms with E-state index in [0.717, 1.165) is 5.57 Å². The summed E-state index contributed by atoms with van der Waals surface area (Å²) in [6, 6.07) is 0. The molecule has 3 aliphatic rings. The smallest absolute Gasteiger partial charge is 0.309 e. The highest BCUT2D eigenvalue weighted by Crippen LogP contribution is 2.53. The number of fused-ring (bicyclic) bond motifs is 3. The van der Waals surface area contributed by atoms with Crippen molar-refractivity contribution in [2.45, 2.75) is 64.1 Å². The van der Waals surface area contributed by atoms with Crippen molar-refractivity contribution in [1.29, 1.82) is 0 Å². The summed E-state index contributed by atoms with van der Waals surface area (Å²) in [5, 5.41) is 32.3. The van der Waals surface area contributed by atoms with E-state index in [-0.39, 0.29) is 6.42 Å². The van der Waals surface area contributed by atoms with Gasteiger partial charge in [0.1, 0.15) is 17.8 Å². The first-order valence-corrected chi connectivity index (χ1v) is 8.23. The Morgan fingerprint density at radius 2 is 2.00 bits per heavy atom. The third kappa shape index (κ3) is 2.29. The minimum absolute atomic E-state index is 0.272. The molecule has 1 aliphatic heterocycles. The fourth-order valence-electron chi connectivity index (χ4n) is 4.72. The Hall–Kier alpha value is -1.44. The molecule has 0 aromatic carbocycles. The maximum atomic E-state index is 12.0. The number of esters is 2. The first kappa shape index (κ1) is 17.4. The zero-order valence-corrected chi connectivity index (χ0v) is 14.2. The summed E-state index contributed by atoms with van der Waals surface area (Å²) in [5.41, 5.74) is -0.383. The molecule has 2 aliphatic carbocycles. The molecule has 0 bridgehead atoms. The third-order valence-corrected chi connectivity index (χ3v) is 5.80. The van der Waals surface area contributed by atoms with Crippen LogP contribution in [0.4, 0.5) is 0 Å². The van der Waals surface area contributed by atoms with Gasteiger partial charge in [-0.05, 0) is 25.8 Å². The molecular weight excluding hydrogens is 316 g/mol. The predicted molar refractivity (Wildman–Crippen MR) is 81.5 cm³/mol. The van der Waals surface area contributed by atoms with Crippen molar-refractivity contribution in [3.63, 3.8) is 0 Å². The quantitative estimate of drug-likeness (QED) is 0.452. The molecule has 1 saturated heterocycles. The Morgan fingerprint density at radius 3 is 2.58 bits per heavy atom. The SMILES string of the molecule is CC(=O)O[C@@H]1[C@H](O)C2=C(C)C[C@H](O)[C@@H]3[C@H](OC(=O)[C@H]3C)[C@H]2[C@]1(C)O. The van der Waals surface area contributed by atoms with Crippen molar-refractivity contribution in [2.75, 3.05) is 0 Å². The molecule has 2 fully saturated rings. The Bertz CT molecular complexity index is 608. The Kier molecular flexibility index (Phi) is 4.01. The van der Waals surface area contributed by atoms with Crippen LogP contribution >= 0.6 is 0 Å². The summed E-state index contributed by atoms with van der Waals surface area (Å²) >= 11 is 0. The highest BCUT2D eigenvalue weighted by molar-refractivity contribution is 5.75. The number of ether oxygens (including phenoxy) is 2. The number of rotatable bonds is 1. The van der Waals surface area contributed by atoms with E-state index in [1.165, 1.54) is 13.8 Å². The maximum Gasteiger partial charge on any atom is 0.309 e. The van der Waals surface area contributed by atoms with Gasteiger partial charge in [0.25, 0.3) is 0 Å². The van der Waals surface area contributed by atoms with Gasteiger partial charge in [-0.2, -0.15) is 0 Å². The molecule has 1 saturated carbocycles. The normalized spacial score (nSPS) is 47.8. The lowest BCUT2D eigenvalue weighted by atomic mass is 9.76. The van der Waals surface area contributed by atoms with Crippen molar-refractivity contribution < 1.29 is 34.4 Å². The molecule has 24 heavy (non-hydrogen) atoms. The first-order valence-electron chi connectivity index (χ1n) is 8.23. The number of aliphatic hydroxyl groups is 3. The molecule has 8 atom stereocenters. The minimum atomic E-state index is -1.61. The minimum Gasteiger partial charge on any atom is -0.461 e. The molecule has 0 spiro atoms. The largest absolute Gasteiger partial charge is 0.461 e. The van der Waals surface area contributed by atoms with Crippen LogP contribution in [0.3, 0.4) is 0 Å². The van der Waals surface area contributed by atoms with Gasteiger partial charge in [0, 0.05) is 12.8 Å². The van der Waals surface area contributed by atoms with Crippen LogP contribution in [0.1, 0.15) is 34.1 Å². The van der Waals surface area contributed by atoms with E-state index in [0.29, 0.717) is 5.57 Å². The van der Waals surface area contributed by atoms with Gasteiger partial charge >= 0.3 is 11.9 Å². The highest BCUT2D eigenvalue weighted by Gasteiger charge is 2.65.